The van der Waals surface area contributed by atoms with Gasteiger partial charge in [0.05, 0.1) is 0 Å². The van der Waals surface area contributed by atoms with E-state index in [4.69, 9.17) is 4.74 Å². The van der Waals surface area contributed by atoms with Crippen molar-refractivity contribution in [3.05, 3.63) is 59.7 Å². The SMILES string of the molecule is CCCC(NC(=O)C(CC(C)CC)NC(=O)OCC1c2ccccc2-c2ccccc21)C(=O)O. The van der Waals surface area contributed by atoms with Gasteiger partial charge < -0.3 is 20.5 Å². The van der Waals surface area contributed by atoms with Crippen molar-refractivity contribution in [3.8, 4) is 11.1 Å². The lowest BCUT2D eigenvalue weighted by molar-refractivity contribution is -0.142. The van der Waals surface area contributed by atoms with E-state index in [1.807, 2.05) is 57.2 Å². The van der Waals surface area contributed by atoms with Gasteiger partial charge in [0.15, 0.2) is 0 Å². The maximum absolute atomic E-state index is 12.9. The number of carboxylic acids is 1. The molecule has 0 aromatic heterocycles. The summed E-state index contributed by atoms with van der Waals surface area (Å²) < 4.78 is 5.59. The van der Waals surface area contributed by atoms with Crippen molar-refractivity contribution in [2.45, 2.75) is 64.5 Å². The van der Waals surface area contributed by atoms with Gasteiger partial charge in [-0.2, -0.15) is 0 Å². The monoisotopic (exact) mass is 466 g/mol. The third-order valence-electron chi connectivity index (χ3n) is 6.48. The number of benzene rings is 2. The smallest absolute Gasteiger partial charge is 0.407 e. The van der Waals surface area contributed by atoms with Crippen molar-refractivity contribution in [2.75, 3.05) is 6.61 Å². The van der Waals surface area contributed by atoms with Crippen LogP contribution in [-0.2, 0) is 14.3 Å². The number of nitrogens with one attached hydrogen (secondary N) is 2. The molecular weight excluding hydrogens is 432 g/mol. The fourth-order valence-electron chi connectivity index (χ4n) is 4.40. The Morgan fingerprint density at radius 1 is 0.941 bits per heavy atom. The molecule has 2 amide bonds. The first-order valence-electron chi connectivity index (χ1n) is 12.0. The summed E-state index contributed by atoms with van der Waals surface area (Å²) in [6.45, 7) is 5.99. The lowest BCUT2D eigenvalue weighted by Gasteiger charge is -2.23. The van der Waals surface area contributed by atoms with Gasteiger partial charge in [-0.1, -0.05) is 82.1 Å². The van der Waals surface area contributed by atoms with E-state index in [2.05, 4.69) is 22.8 Å². The summed E-state index contributed by atoms with van der Waals surface area (Å²) in [5.41, 5.74) is 4.48. The number of carbonyl (C=O) groups is 3. The zero-order valence-electron chi connectivity index (χ0n) is 20.0. The first-order valence-corrected chi connectivity index (χ1v) is 12.0. The predicted molar refractivity (Wildman–Crippen MR) is 131 cm³/mol. The third-order valence-corrected chi connectivity index (χ3v) is 6.48. The summed E-state index contributed by atoms with van der Waals surface area (Å²) in [4.78, 5) is 37.1. The van der Waals surface area contributed by atoms with Crippen LogP contribution in [0.4, 0.5) is 4.79 Å². The second-order valence-electron chi connectivity index (χ2n) is 8.96. The molecular formula is C27H34N2O5. The van der Waals surface area contributed by atoms with Crippen LogP contribution in [0.25, 0.3) is 11.1 Å². The molecule has 0 bridgehead atoms. The van der Waals surface area contributed by atoms with Gasteiger partial charge in [-0.15, -0.1) is 0 Å². The highest BCUT2D eigenvalue weighted by Gasteiger charge is 2.31. The molecule has 3 unspecified atom stereocenters. The minimum Gasteiger partial charge on any atom is -0.480 e. The van der Waals surface area contributed by atoms with Crippen molar-refractivity contribution in [2.24, 2.45) is 5.92 Å². The highest BCUT2D eigenvalue weighted by molar-refractivity contribution is 5.89. The second kappa shape index (κ2) is 11.7. The highest BCUT2D eigenvalue weighted by Crippen LogP contribution is 2.44. The molecule has 7 heteroatoms. The number of carbonyl (C=O) groups excluding carboxylic acids is 2. The van der Waals surface area contributed by atoms with Gasteiger partial charge in [-0.3, -0.25) is 4.79 Å². The van der Waals surface area contributed by atoms with E-state index in [1.165, 1.54) is 0 Å². The Morgan fingerprint density at radius 2 is 1.53 bits per heavy atom. The second-order valence-corrected chi connectivity index (χ2v) is 8.96. The van der Waals surface area contributed by atoms with Gasteiger partial charge in [0.25, 0.3) is 0 Å². The normalized spacial score (nSPS) is 14.9. The molecule has 3 atom stereocenters. The molecule has 34 heavy (non-hydrogen) atoms. The average Bonchev–Trinajstić information content (AvgIpc) is 3.15. The molecule has 7 nitrogen and oxygen atoms in total. The van der Waals surface area contributed by atoms with E-state index < -0.39 is 30.1 Å². The Morgan fingerprint density at radius 3 is 2.06 bits per heavy atom. The molecule has 0 spiro atoms. The molecule has 0 saturated carbocycles. The van der Waals surface area contributed by atoms with E-state index >= 15 is 0 Å². The van der Waals surface area contributed by atoms with Crippen LogP contribution in [0.15, 0.2) is 48.5 Å². The Bertz CT molecular complexity index is 976. The summed E-state index contributed by atoms with van der Waals surface area (Å²) in [6.07, 6.45) is 1.47. The fraction of sp³-hybridized carbons (Fsp3) is 0.444. The van der Waals surface area contributed by atoms with Crippen molar-refractivity contribution >= 4 is 18.0 Å². The summed E-state index contributed by atoms with van der Waals surface area (Å²) >= 11 is 0. The fourth-order valence-corrected chi connectivity index (χ4v) is 4.40. The molecule has 0 heterocycles. The number of fused-ring (bicyclic) bond motifs is 3. The van der Waals surface area contributed by atoms with Gasteiger partial charge in [0.2, 0.25) is 5.91 Å². The van der Waals surface area contributed by atoms with Gasteiger partial charge in [0, 0.05) is 5.92 Å². The number of amides is 2. The lowest BCUT2D eigenvalue weighted by Crippen LogP contribution is -2.52. The standard InChI is InChI=1S/C27H34N2O5/c1-4-10-23(26(31)32)28-25(30)24(15-17(3)5-2)29-27(33)34-16-22-20-13-8-6-11-18(20)19-12-7-9-14-21(19)22/h6-9,11-14,17,22-24H,4-5,10,15-16H2,1-3H3,(H,28,30)(H,29,33)(H,31,32). The number of rotatable bonds is 11. The van der Waals surface area contributed by atoms with E-state index in [0.29, 0.717) is 19.3 Å². The van der Waals surface area contributed by atoms with E-state index in [9.17, 15) is 19.5 Å². The van der Waals surface area contributed by atoms with Gasteiger partial charge in [-0.25, -0.2) is 9.59 Å². The van der Waals surface area contributed by atoms with Crippen LogP contribution in [0.5, 0.6) is 0 Å². The Hall–Kier alpha value is -3.35. The molecule has 1 aliphatic carbocycles. The van der Waals surface area contributed by atoms with E-state index in [-0.39, 0.29) is 18.4 Å². The molecule has 3 N–H and O–H groups in total. The van der Waals surface area contributed by atoms with Crippen LogP contribution < -0.4 is 10.6 Å². The van der Waals surface area contributed by atoms with Crippen molar-refractivity contribution < 1.29 is 24.2 Å². The first-order chi connectivity index (χ1) is 16.3. The molecule has 0 aliphatic heterocycles. The minimum atomic E-state index is -1.08. The van der Waals surface area contributed by atoms with Crippen LogP contribution in [0.3, 0.4) is 0 Å². The van der Waals surface area contributed by atoms with Gasteiger partial charge >= 0.3 is 12.1 Å². The average molecular weight is 467 g/mol. The third kappa shape index (κ3) is 5.95. The van der Waals surface area contributed by atoms with Crippen LogP contribution >= 0.6 is 0 Å². The van der Waals surface area contributed by atoms with E-state index in [1.54, 1.807) is 0 Å². The molecule has 0 saturated heterocycles. The van der Waals surface area contributed by atoms with Crippen LogP contribution in [0.2, 0.25) is 0 Å². The Labute approximate surface area is 200 Å². The highest BCUT2D eigenvalue weighted by atomic mass is 16.5. The quantitative estimate of drug-likeness (QED) is 0.445. The number of alkyl carbamates (subject to hydrolysis) is 1. The molecule has 2 aromatic rings. The molecule has 2 aromatic carbocycles. The zero-order valence-corrected chi connectivity index (χ0v) is 20.0. The molecule has 182 valence electrons. The number of hydrogen-bond acceptors (Lipinski definition) is 4. The largest absolute Gasteiger partial charge is 0.480 e. The molecule has 3 rings (SSSR count). The lowest BCUT2D eigenvalue weighted by atomic mass is 9.98. The van der Waals surface area contributed by atoms with Crippen molar-refractivity contribution in [1.29, 1.82) is 0 Å². The van der Waals surface area contributed by atoms with Crippen molar-refractivity contribution in [3.63, 3.8) is 0 Å². The molecule has 0 radical (unpaired) electrons. The summed E-state index contributed by atoms with van der Waals surface area (Å²) in [6, 6.07) is 14.3. The first kappa shape index (κ1) is 25.3. The zero-order chi connectivity index (χ0) is 24.7. The van der Waals surface area contributed by atoms with E-state index in [0.717, 1.165) is 28.7 Å². The maximum atomic E-state index is 12.9. The summed E-state index contributed by atoms with van der Waals surface area (Å²) in [7, 11) is 0. The van der Waals surface area contributed by atoms with Crippen LogP contribution in [-0.4, -0.2) is 41.8 Å². The molecule has 0 fully saturated rings. The summed E-state index contributed by atoms with van der Waals surface area (Å²) in [5, 5.41) is 14.6. The Kier molecular flexibility index (Phi) is 8.68. The Balaban J connectivity index is 1.68. The minimum absolute atomic E-state index is 0.0825. The van der Waals surface area contributed by atoms with Crippen LogP contribution in [0.1, 0.15) is 63.5 Å². The van der Waals surface area contributed by atoms with Crippen molar-refractivity contribution in [1.82, 2.24) is 10.6 Å². The number of aliphatic carboxylic acids is 1. The van der Waals surface area contributed by atoms with Gasteiger partial charge in [-0.05, 0) is 41.0 Å². The number of hydrogen-bond donors (Lipinski definition) is 3. The van der Waals surface area contributed by atoms with Crippen LogP contribution in [0, 0.1) is 5.92 Å². The maximum Gasteiger partial charge on any atom is 0.407 e. The number of ether oxygens (including phenoxy) is 1. The predicted octanol–water partition coefficient (Wildman–Crippen LogP) is 4.70. The van der Waals surface area contributed by atoms with Gasteiger partial charge in [0.1, 0.15) is 18.7 Å². The number of carboxylic acid groups (broad SMARTS) is 1. The topological polar surface area (TPSA) is 105 Å². The molecule has 1 aliphatic rings. The summed E-state index contributed by atoms with van der Waals surface area (Å²) in [5.74, 6) is -1.51.